The molecular formula is C18H28ClF2N3O. The number of halogens is 3. The van der Waals surface area contributed by atoms with Gasteiger partial charge >= 0.3 is 0 Å². The molecule has 1 aliphatic heterocycles. The monoisotopic (exact) mass is 375 g/mol. The van der Waals surface area contributed by atoms with E-state index in [2.05, 4.69) is 12.2 Å². The molecule has 25 heavy (non-hydrogen) atoms. The predicted molar refractivity (Wildman–Crippen MR) is 97.8 cm³/mol. The second-order valence-electron chi connectivity index (χ2n) is 6.88. The molecule has 142 valence electrons. The predicted octanol–water partition coefficient (Wildman–Crippen LogP) is 2.66. The fraction of sp³-hybridized carbons (Fsp3) is 0.611. The van der Waals surface area contributed by atoms with Crippen LogP contribution in [0.4, 0.5) is 8.78 Å². The normalized spacial score (nSPS) is 20.2. The summed E-state index contributed by atoms with van der Waals surface area (Å²) in [5, 5.41) is 3.34. The van der Waals surface area contributed by atoms with Gasteiger partial charge in [0.1, 0.15) is 11.6 Å². The molecule has 1 aliphatic rings. The lowest BCUT2D eigenvalue weighted by Gasteiger charge is -2.33. The number of carbonyl (C=O) groups excluding carboxylic acids is 1. The third-order valence-electron chi connectivity index (χ3n) is 4.48. The van der Waals surface area contributed by atoms with Gasteiger partial charge in [-0.15, -0.1) is 12.4 Å². The highest BCUT2D eigenvalue weighted by molar-refractivity contribution is 5.85. The highest BCUT2D eigenvalue weighted by Gasteiger charge is 2.29. The maximum absolute atomic E-state index is 14.0. The Bertz CT molecular complexity index is 571. The van der Waals surface area contributed by atoms with Crippen LogP contribution in [-0.2, 0) is 11.3 Å². The maximum atomic E-state index is 14.0. The number of piperidine rings is 1. The molecule has 2 rings (SSSR count). The first-order chi connectivity index (χ1) is 11.4. The van der Waals surface area contributed by atoms with E-state index in [1.54, 1.807) is 4.90 Å². The highest BCUT2D eigenvalue weighted by Crippen LogP contribution is 2.21. The molecule has 1 aromatic carbocycles. The quantitative estimate of drug-likeness (QED) is 0.830. The molecule has 0 spiro atoms. The lowest BCUT2D eigenvalue weighted by atomic mass is 9.92. The number of rotatable bonds is 6. The lowest BCUT2D eigenvalue weighted by molar-refractivity contribution is -0.137. The van der Waals surface area contributed by atoms with Crippen molar-refractivity contribution in [2.75, 3.05) is 33.7 Å². The van der Waals surface area contributed by atoms with Gasteiger partial charge in [-0.3, -0.25) is 4.79 Å². The minimum Gasteiger partial charge on any atom is -0.337 e. The van der Waals surface area contributed by atoms with Crippen LogP contribution in [0.1, 0.15) is 25.3 Å². The van der Waals surface area contributed by atoms with E-state index in [-0.39, 0.29) is 30.8 Å². The van der Waals surface area contributed by atoms with Crippen LogP contribution >= 0.6 is 12.4 Å². The van der Waals surface area contributed by atoms with Crippen molar-refractivity contribution in [3.8, 4) is 0 Å². The number of nitrogens with one attached hydrogen (secondary N) is 1. The van der Waals surface area contributed by atoms with E-state index in [9.17, 15) is 13.6 Å². The summed E-state index contributed by atoms with van der Waals surface area (Å²) in [5.74, 6) is -1.17. The van der Waals surface area contributed by atoms with E-state index in [1.165, 1.54) is 12.1 Å². The van der Waals surface area contributed by atoms with E-state index < -0.39 is 11.6 Å². The Morgan fingerprint density at radius 1 is 1.28 bits per heavy atom. The number of nitrogens with zero attached hydrogens (tertiary/aromatic N) is 2. The van der Waals surface area contributed by atoms with Gasteiger partial charge in [-0.1, -0.05) is 6.07 Å². The van der Waals surface area contributed by atoms with Gasteiger partial charge in [-0.25, -0.2) is 8.78 Å². The Morgan fingerprint density at radius 2 is 2.00 bits per heavy atom. The first kappa shape index (κ1) is 21.8. The number of hydrogen-bond acceptors (Lipinski definition) is 3. The van der Waals surface area contributed by atoms with E-state index in [4.69, 9.17) is 0 Å². The van der Waals surface area contributed by atoms with E-state index in [0.29, 0.717) is 24.7 Å². The Kier molecular flexibility index (Phi) is 8.76. The summed E-state index contributed by atoms with van der Waals surface area (Å²) in [4.78, 5) is 16.6. The van der Waals surface area contributed by atoms with Crippen LogP contribution in [-0.4, -0.2) is 55.5 Å². The molecule has 1 fully saturated rings. The summed E-state index contributed by atoms with van der Waals surface area (Å²) in [5.41, 5.74) is 0.352. The van der Waals surface area contributed by atoms with Crippen molar-refractivity contribution in [1.29, 1.82) is 0 Å². The smallest absolute Gasteiger partial charge is 0.226 e. The molecule has 0 bridgehead atoms. The largest absolute Gasteiger partial charge is 0.337 e. The minimum atomic E-state index is -0.602. The van der Waals surface area contributed by atoms with Crippen molar-refractivity contribution in [3.63, 3.8) is 0 Å². The third kappa shape index (κ3) is 6.53. The standard InChI is InChI=1S/C18H27F2N3O.ClH/c1-13-10-14(6-7-21-13)18(24)23(9-8-22(2)3)12-15-4-5-16(19)11-17(15)20;/h4-5,11,13-14,21H,6-10,12H2,1-3H3;1H/t13-,14-;/m0./s1. The molecule has 1 heterocycles. The average molecular weight is 376 g/mol. The van der Waals surface area contributed by atoms with Crippen LogP contribution in [0.25, 0.3) is 0 Å². The Balaban J connectivity index is 0.00000312. The van der Waals surface area contributed by atoms with Crippen LogP contribution in [0.3, 0.4) is 0 Å². The van der Waals surface area contributed by atoms with Crippen LogP contribution in [0.15, 0.2) is 18.2 Å². The fourth-order valence-electron chi connectivity index (χ4n) is 3.06. The van der Waals surface area contributed by atoms with Crippen molar-refractivity contribution in [2.24, 2.45) is 5.92 Å². The topological polar surface area (TPSA) is 35.6 Å². The first-order valence-electron chi connectivity index (χ1n) is 8.47. The number of amides is 1. The fourth-order valence-corrected chi connectivity index (χ4v) is 3.06. The van der Waals surface area contributed by atoms with Crippen LogP contribution in [0.5, 0.6) is 0 Å². The second kappa shape index (κ2) is 10.0. The molecule has 2 atom stereocenters. The van der Waals surface area contributed by atoms with Crippen molar-refractivity contribution < 1.29 is 13.6 Å². The highest BCUT2D eigenvalue weighted by atomic mass is 35.5. The average Bonchev–Trinajstić information content (AvgIpc) is 2.52. The summed E-state index contributed by atoms with van der Waals surface area (Å²) in [6.45, 7) is 4.31. The number of carbonyl (C=O) groups is 1. The molecule has 4 nitrogen and oxygen atoms in total. The summed E-state index contributed by atoms with van der Waals surface area (Å²) in [6, 6.07) is 3.84. The van der Waals surface area contributed by atoms with Crippen molar-refractivity contribution >= 4 is 18.3 Å². The zero-order valence-electron chi connectivity index (χ0n) is 15.1. The summed E-state index contributed by atoms with van der Waals surface area (Å²) < 4.78 is 27.1. The van der Waals surface area contributed by atoms with Gasteiger partial charge in [0.05, 0.1) is 0 Å². The molecule has 0 aliphatic carbocycles. The molecule has 0 radical (unpaired) electrons. The lowest BCUT2D eigenvalue weighted by Crippen LogP contribution is -2.45. The van der Waals surface area contributed by atoms with Crippen LogP contribution in [0.2, 0.25) is 0 Å². The van der Waals surface area contributed by atoms with Gasteiger partial charge in [-0.2, -0.15) is 0 Å². The molecule has 0 unspecified atom stereocenters. The first-order valence-corrected chi connectivity index (χ1v) is 8.47. The zero-order chi connectivity index (χ0) is 17.7. The molecule has 0 aromatic heterocycles. The summed E-state index contributed by atoms with van der Waals surface area (Å²) in [7, 11) is 3.88. The Labute approximate surface area is 155 Å². The van der Waals surface area contributed by atoms with Crippen molar-refractivity contribution in [3.05, 3.63) is 35.4 Å². The molecule has 7 heteroatoms. The van der Waals surface area contributed by atoms with Gasteiger partial charge in [0.25, 0.3) is 0 Å². The number of benzene rings is 1. The van der Waals surface area contributed by atoms with E-state index in [1.807, 2.05) is 19.0 Å². The molecule has 1 N–H and O–H groups in total. The Morgan fingerprint density at radius 3 is 2.60 bits per heavy atom. The SMILES string of the molecule is C[C@H]1C[C@@H](C(=O)N(CCN(C)C)Cc2ccc(F)cc2F)CCN1.Cl. The van der Waals surface area contributed by atoms with Gasteiger partial charge in [0.15, 0.2) is 0 Å². The number of likely N-dealkylation sites (N-methyl/N-ethyl adjacent to an activating group) is 1. The summed E-state index contributed by atoms with van der Waals surface area (Å²) in [6.07, 6.45) is 1.59. The molecular weight excluding hydrogens is 348 g/mol. The third-order valence-corrected chi connectivity index (χ3v) is 4.48. The zero-order valence-corrected chi connectivity index (χ0v) is 15.9. The second-order valence-corrected chi connectivity index (χ2v) is 6.88. The van der Waals surface area contributed by atoms with E-state index >= 15 is 0 Å². The molecule has 1 saturated heterocycles. The van der Waals surface area contributed by atoms with E-state index in [0.717, 1.165) is 25.5 Å². The van der Waals surface area contributed by atoms with Crippen molar-refractivity contribution in [1.82, 2.24) is 15.1 Å². The van der Waals surface area contributed by atoms with Crippen LogP contribution < -0.4 is 5.32 Å². The maximum Gasteiger partial charge on any atom is 0.226 e. The minimum absolute atomic E-state index is 0. The van der Waals surface area contributed by atoms with Crippen molar-refractivity contribution in [2.45, 2.75) is 32.4 Å². The summed E-state index contributed by atoms with van der Waals surface area (Å²) >= 11 is 0. The van der Waals surface area contributed by atoms with Gasteiger partial charge in [0.2, 0.25) is 5.91 Å². The van der Waals surface area contributed by atoms with Gasteiger partial charge in [0, 0.05) is 43.2 Å². The van der Waals surface area contributed by atoms with Crippen LogP contribution in [0, 0.1) is 17.6 Å². The number of hydrogen-bond donors (Lipinski definition) is 1. The molecule has 0 saturated carbocycles. The Hall–Kier alpha value is -1.24. The van der Waals surface area contributed by atoms with Gasteiger partial charge < -0.3 is 15.1 Å². The molecule has 1 amide bonds. The van der Waals surface area contributed by atoms with Gasteiger partial charge in [-0.05, 0) is 46.5 Å². The molecule has 1 aromatic rings.